The number of likely N-dealkylation sites (N-methyl/N-ethyl adjacent to an activating group) is 1. The molecule has 126 valence electrons. The summed E-state index contributed by atoms with van der Waals surface area (Å²) in [5.74, 6) is 0.358. The Labute approximate surface area is 141 Å². The van der Waals surface area contributed by atoms with Crippen molar-refractivity contribution in [2.24, 2.45) is 11.7 Å². The van der Waals surface area contributed by atoms with Gasteiger partial charge in [-0.15, -0.1) is 0 Å². The quantitative estimate of drug-likeness (QED) is 0.869. The molecule has 2 aromatic rings. The summed E-state index contributed by atoms with van der Waals surface area (Å²) in [6.07, 6.45) is 3.16. The van der Waals surface area contributed by atoms with Gasteiger partial charge in [-0.3, -0.25) is 14.2 Å². The molecule has 0 spiro atoms. The summed E-state index contributed by atoms with van der Waals surface area (Å²) >= 11 is 0. The summed E-state index contributed by atoms with van der Waals surface area (Å²) in [7, 11) is 2.06. The van der Waals surface area contributed by atoms with E-state index in [1.807, 2.05) is 18.2 Å². The highest BCUT2D eigenvalue weighted by atomic mass is 16.1. The number of carbonyl (C=O) groups is 1. The van der Waals surface area contributed by atoms with E-state index in [1.165, 1.54) is 6.07 Å². The fraction of sp³-hybridized carbons (Fsp3) is 0.368. The average Bonchev–Trinajstić information content (AvgIpc) is 2.58. The second kappa shape index (κ2) is 7.11. The molecule has 1 aromatic carbocycles. The summed E-state index contributed by atoms with van der Waals surface area (Å²) in [6.45, 7) is 1.83. The van der Waals surface area contributed by atoms with Gasteiger partial charge in [0.15, 0.2) is 5.78 Å². The van der Waals surface area contributed by atoms with Crippen LogP contribution in [0.25, 0.3) is 5.69 Å². The van der Waals surface area contributed by atoms with Crippen molar-refractivity contribution in [3.05, 3.63) is 64.6 Å². The number of benzene rings is 1. The summed E-state index contributed by atoms with van der Waals surface area (Å²) < 4.78 is 1.56. The number of rotatable bonds is 4. The number of ketones is 1. The Bertz CT molecular complexity index is 767. The topological polar surface area (TPSA) is 68.3 Å². The largest absolute Gasteiger partial charge is 0.326 e. The third-order valence-corrected chi connectivity index (χ3v) is 4.75. The first kappa shape index (κ1) is 16.6. The molecule has 0 radical (unpaired) electrons. The monoisotopic (exact) mass is 325 g/mol. The molecule has 5 nitrogen and oxygen atoms in total. The molecule has 0 aliphatic carbocycles. The molecule has 1 aromatic heterocycles. The van der Waals surface area contributed by atoms with E-state index in [2.05, 4.69) is 11.9 Å². The molecule has 0 amide bonds. The number of hydrogen-bond acceptors (Lipinski definition) is 4. The second-order valence-corrected chi connectivity index (χ2v) is 6.56. The summed E-state index contributed by atoms with van der Waals surface area (Å²) in [5, 5.41) is 0. The molecule has 1 fully saturated rings. The van der Waals surface area contributed by atoms with Gasteiger partial charge in [0, 0.05) is 42.5 Å². The molecule has 0 saturated carbocycles. The van der Waals surface area contributed by atoms with Gasteiger partial charge >= 0.3 is 0 Å². The van der Waals surface area contributed by atoms with Crippen molar-refractivity contribution < 1.29 is 4.79 Å². The van der Waals surface area contributed by atoms with E-state index >= 15 is 0 Å². The Kier molecular flexibility index (Phi) is 4.92. The third kappa shape index (κ3) is 3.63. The predicted molar refractivity (Wildman–Crippen MR) is 94.6 cm³/mol. The Morgan fingerprint density at radius 3 is 2.62 bits per heavy atom. The number of nitrogens with zero attached hydrogens (tertiary/aromatic N) is 2. The Morgan fingerprint density at radius 2 is 1.96 bits per heavy atom. The first-order valence-corrected chi connectivity index (χ1v) is 8.30. The first-order chi connectivity index (χ1) is 11.5. The lowest BCUT2D eigenvalue weighted by molar-refractivity contribution is 0.0920. The van der Waals surface area contributed by atoms with Crippen LogP contribution in [0.2, 0.25) is 0 Å². The van der Waals surface area contributed by atoms with Crippen molar-refractivity contribution >= 4 is 5.78 Å². The lowest BCUT2D eigenvalue weighted by Gasteiger charge is -2.34. The number of Topliss-reactive ketones (excluding diaryl/α,β-unsaturated/α-hetero) is 1. The highest BCUT2D eigenvalue weighted by molar-refractivity contribution is 5.96. The fourth-order valence-corrected chi connectivity index (χ4v) is 3.26. The second-order valence-electron chi connectivity index (χ2n) is 6.56. The molecule has 2 N–H and O–H groups in total. The summed E-state index contributed by atoms with van der Waals surface area (Å²) in [5.41, 5.74) is 7.52. The molecule has 1 aliphatic rings. The van der Waals surface area contributed by atoms with E-state index in [-0.39, 0.29) is 23.3 Å². The Balaban J connectivity index is 1.70. The van der Waals surface area contributed by atoms with E-state index in [9.17, 15) is 9.59 Å². The standard InChI is InChI=1S/C19H23N3O2/c1-21-11-9-15(17(20)13-21)12-18(23)14-5-7-16(8-6-14)22-10-3-2-4-19(22)24/h2-8,10,15,17H,9,11-13,20H2,1H3. The van der Waals surface area contributed by atoms with Crippen LogP contribution in [-0.4, -0.2) is 41.4 Å². The van der Waals surface area contributed by atoms with E-state index in [4.69, 9.17) is 5.73 Å². The van der Waals surface area contributed by atoms with Crippen LogP contribution in [0, 0.1) is 5.92 Å². The van der Waals surface area contributed by atoms with Gasteiger partial charge in [0.05, 0.1) is 0 Å². The van der Waals surface area contributed by atoms with Crippen LogP contribution in [-0.2, 0) is 0 Å². The minimum Gasteiger partial charge on any atom is -0.326 e. The minimum absolute atomic E-state index is 0.0508. The number of hydrogen-bond donors (Lipinski definition) is 1. The normalized spacial score (nSPS) is 21.6. The predicted octanol–water partition coefficient (Wildman–Crippen LogP) is 1.69. The van der Waals surface area contributed by atoms with Crippen molar-refractivity contribution in [1.29, 1.82) is 0 Å². The maximum atomic E-state index is 12.5. The van der Waals surface area contributed by atoms with Gasteiger partial charge < -0.3 is 10.6 Å². The Morgan fingerprint density at radius 1 is 1.21 bits per heavy atom. The van der Waals surface area contributed by atoms with Crippen LogP contribution in [0.1, 0.15) is 23.2 Å². The molecular formula is C19H23N3O2. The number of piperidine rings is 1. The number of aromatic nitrogens is 1. The molecule has 1 aliphatic heterocycles. The fourth-order valence-electron chi connectivity index (χ4n) is 3.26. The number of likely N-dealkylation sites (tertiary alicyclic amines) is 1. The maximum Gasteiger partial charge on any atom is 0.255 e. The molecule has 3 rings (SSSR count). The van der Waals surface area contributed by atoms with Crippen molar-refractivity contribution in [2.75, 3.05) is 20.1 Å². The van der Waals surface area contributed by atoms with Crippen molar-refractivity contribution in [3.63, 3.8) is 0 Å². The molecule has 5 heteroatoms. The van der Waals surface area contributed by atoms with Crippen molar-refractivity contribution in [1.82, 2.24) is 9.47 Å². The molecule has 2 atom stereocenters. The van der Waals surface area contributed by atoms with Crippen LogP contribution < -0.4 is 11.3 Å². The number of pyridine rings is 1. The highest BCUT2D eigenvalue weighted by Gasteiger charge is 2.26. The lowest BCUT2D eigenvalue weighted by atomic mass is 9.86. The van der Waals surface area contributed by atoms with E-state index < -0.39 is 0 Å². The number of carbonyl (C=O) groups excluding carboxylic acids is 1. The van der Waals surface area contributed by atoms with Crippen molar-refractivity contribution in [2.45, 2.75) is 18.9 Å². The zero-order valence-electron chi connectivity index (χ0n) is 13.9. The van der Waals surface area contributed by atoms with Gasteiger partial charge in [0.25, 0.3) is 5.56 Å². The van der Waals surface area contributed by atoms with Crippen molar-refractivity contribution in [3.8, 4) is 5.69 Å². The molecule has 2 unspecified atom stereocenters. The van der Waals surface area contributed by atoms with Gasteiger partial charge in [-0.2, -0.15) is 0 Å². The minimum atomic E-state index is -0.0890. The van der Waals surface area contributed by atoms with Gasteiger partial charge in [-0.25, -0.2) is 0 Å². The van der Waals surface area contributed by atoms with Crippen LogP contribution >= 0.6 is 0 Å². The zero-order chi connectivity index (χ0) is 17.1. The molecule has 1 saturated heterocycles. The van der Waals surface area contributed by atoms with E-state index in [0.717, 1.165) is 25.2 Å². The first-order valence-electron chi connectivity index (χ1n) is 8.30. The SMILES string of the molecule is CN1CCC(CC(=O)c2ccc(-n3ccccc3=O)cc2)C(N)C1. The summed E-state index contributed by atoms with van der Waals surface area (Å²) in [4.78, 5) is 26.6. The average molecular weight is 325 g/mol. The van der Waals surface area contributed by atoms with Gasteiger partial charge in [0.1, 0.15) is 0 Å². The maximum absolute atomic E-state index is 12.5. The lowest BCUT2D eigenvalue weighted by Crippen LogP contribution is -2.47. The molecule has 0 bridgehead atoms. The number of nitrogens with two attached hydrogens (primary N) is 1. The highest BCUT2D eigenvalue weighted by Crippen LogP contribution is 2.21. The third-order valence-electron chi connectivity index (χ3n) is 4.75. The van der Waals surface area contributed by atoms with E-state index in [1.54, 1.807) is 29.0 Å². The van der Waals surface area contributed by atoms with Crippen LogP contribution in [0.5, 0.6) is 0 Å². The smallest absolute Gasteiger partial charge is 0.255 e. The molecule has 2 heterocycles. The van der Waals surface area contributed by atoms with Gasteiger partial charge in [-0.1, -0.05) is 6.07 Å². The van der Waals surface area contributed by atoms with E-state index in [0.29, 0.717) is 12.0 Å². The van der Waals surface area contributed by atoms with Gasteiger partial charge in [0.2, 0.25) is 0 Å². The van der Waals surface area contributed by atoms with Crippen LogP contribution in [0.15, 0.2) is 53.5 Å². The van der Waals surface area contributed by atoms with Gasteiger partial charge in [-0.05, 0) is 56.3 Å². The molecule has 24 heavy (non-hydrogen) atoms. The van der Waals surface area contributed by atoms with Crippen LogP contribution in [0.3, 0.4) is 0 Å². The van der Waals surface area contributed by atoms with Crippen LogP contribution in [0.4, 0.5) is 0 Å². The zero-order valence-corrected chi connectivity index (χ0v) is 13.9. The Hall–Kier alpha value is -2.24. The molecular weight excluding hydrogens is 302 g/mol. The summed E-state index contributed by atoms with van der Waals surface area (Å²) in [6, 6.07) is 12.3.